The summed E-state index contributed by atoms with van der Waals surface area (Å²) in [7, 11) is -4.25. The molecule has 1 fully saturated rings. The zero-order valence-electron chi connectivity index (χ0n) is 18.0. The number of hydrogen-bond donors (Lipinski definition) is 0. The van der Waals surface area contributed by atoms with Crippen molar-refractivity contribution in [1.29, 1.82) is 0 Å². The topological polar surface area (TPSA) is 66.9 Å². The van der Waals surface area contributed by atoms with Gasteiger partial charge in [-0.1, -0.05) is 44.2 Å². The number of carbonyl (C=O) groups excluding carboxylic acids is 1. The first-order valence-corrected chi connectivity index (χ1v) is 11.4. The quantitative estimate of drug-likeness (QED) is 0.605. The molecule has 1 aliphatic rings. The fourth-order valence-corrected chi connectivity index (χ4v) is 4.75. The van der Waals surface area contributed by atoms with E-state index in [0.717, 1.165) is 0 Å². The molecule has 0 aromatic heterocycles. The van der Waals surface area contributed by atoms with Crippen molar-refractivity contribution >= 4 is 21.6 Å². The van der Waals surface area contributed by atoms with Gasteiger partial charge in [0.25, 0.3) is 0 Å². The number of rotatable bonds is 7. The van der Waals surface area contributed by atoms with Crippen molar-refractivity contribution in [3.63, 3.8) is 0 Å². The molecule has 0 saturated carbocycles. The van der Waals surface area contributed by atoms with Crippen LogP contribution in [0, 0.1) is 5.41 Å². The van der Waals surface area contributed by atoms with Gasteiger partial charge in [-0.2, -0.15) is 21.6 Å². The zero-order valence-corrected chi connectivity index (χ0v) is 18.8. The maximum atomic E-state index is 13.6. The van der Waals surface area contributed by atoms with Gasteiger partial charge in [-0.15, -0.1) is 0 Å². The first kappa shape index (κ1) is 23.9. The van der Waals surface area contributed by atoms with Gasteiger partial charge >= 0.3 is 15.5 Å². The molecule has 1 heterocycles. The number of nitrogens with zero attached hydrogens (tertiary/aromatic N) is 2. The van der Waals surface area contributed by atoms with E-state index in [-0.39, 0.29) is 23.6 Å². The molecule has 0 unspecified atom stereocenters. The van der Waals surface area contributed by atoms with Crippen molar-refractivity contribution in [2.24, 2.45) is 5.41 Å². The minimum atomic E-state index is -5.70. The molecule has 0 bridgehead atoms. The van der Waals surface area contributed by atoms with Gasteiger partial charge in [0, 0.05) is 19.5 Å². The van der Waals surface area contributed by atoms with Crippen molar-refractivity contribution in [2.75, 3.05) is 18.0 Å². The lowest BCUT2D eigenvalue weighted by Gasteiger charge is -2.29. The molecule has 6 nitrogen and oxygen atoms in total. The summed E-state index contributed by atoms with van der Waals surface area (Å²) in [6, 6.07) is 12.1. The number of amides is 1. The highest BCUT2D eigenvalue weighted by Gasteiger charge is 2.50. The summed E-state index contributed by atoms with van der Waals surface area (Å²) in [5.74, 6) is 0.375. The van der Waals surface area contributed by atoms with E-state index in [2.05, 4.69) is 0 Å². The molecule has 32 heavy (non-hydrogen) atoms. The average molecular weight is 471 g/mol. The maximum Gasteiger partial charge on any atom is 0.516 e. The van der Waals surface area contributed by atoms with Crippen LogP contribution in [0.1, 0.15) is 31.4 Å². The predicted molar refractivity (Wildman–Crippen MR) is 114 cm³/mol. The van der Waals surface area contributed by atoms with E-state index in [1.54, 1.807) is 29.2 Å². The summed E-state index contributed by atoms with van der Waals surface area (Å²) in [5, 5.41) is 0. The summed E-state index contributed by atoms with van der Waals surface area (Å²) >= 11 is 0. The van der Waals surface area contributed by atoms with Crippen molar-refractivity contribution in [3.05, 3.63) is 59.7 Å². The molecular formula is C22H25F3N2O4S. The third kappa shape index (κ3) is 5.01. The monoisotopic (exact) mass is 470 g/mol. The second kappa shape index (κ2) is 8.65. The maximum absolute atomic E-state index is 13.6. The number of benzene rings is 2. The minimum Gasteiger partial charge on any atom is -0.497 e. The van der Waals surface area contributed by atoms with Gasteiger partial charge < -0.3 is 9.64 Å². The number of alkyl halides is 3. The first-order chi connectivity index (χ1) is 14.8. The van der Waals surface area contributed by atoms with Crippen LogP contribution in [0.3, 0.4) is 0 Å². The number of sulfonamides is 1. The fourth-order valence-electron chi connectivity index (χ4n) is 3.74. The Kier molecular flexibility index (Phi) is 6.46. The Morgan fingerprint density at radius 1 is 1.09 bits per heavy atom. The lowest BCUT2D eigenvalue weighted by Crippen LogP contribution is -2.41. The number of hydrogen-bond acceptors (Lipinski definition) is 4. The summed E-state index contributed by atoms with van der Waals surface area (Å²) < 4.78 is 71.2. The zero-order chi connectivity index (χ0) is 23.7. The highest BCUT2D eigenvalue weighted by atomic mass is 32.2. The van der Waals surface area contributed by atoms with E-state index < -0.39 is 22.1 Å². The fraction of sp³-hybridized carbons (Fsp3) is 0.409. The lowest BCUT2D eigenvalue weighted by molar-refractivity contribution is -0.128. The summed E-state index contributed by atoms with van der Waals surface area (Å²) in [4.78, 5) is 13.9. The van der Waals surface area contributed by atoms with Crippen LogP contribution in [-0.4, -0.2) is 38.4 Å². The molecule has 2 aromatic rings. The van der Waals surface area contributed by atoms with E-state index in [0.29, 0.717) is 34.1 Å². The molecular weight excluding hydrogens is 445 g/mol. The number of carbonyl (C=O) groups is 1. The van der Waals surface area contributed by atoms with Crippen LogP contribution in [0.4, 0.5) is 18.9 Å². The number of ether oxygens (including phenoxy) is 1. The Bertz CT molecular complexity index is 1080. The summed E-state index contributed by atoms with van der Waals surface area (Å²) in [6.07, 6.45) is 0.325. The van der Waals surface area contributed by atoms with E-state index in [1.807, 2.05) is 13.8 Å². The Morgan fingerprint density at radius 3 is 2.25 bits per heavy atom. The number of likely N-dealkylation sites (tertiary alicyclic amines) is 1. The van der Waals surface area contributed by atoms with Gasteiger partial charge in [0.05, 0.1) is 19.3 Å². The Labute approximate surface area is 185 Å². The smallest absolute Gasteiger partial charge is 0.497 e. The Morgan fingerprint density at radius 2 is 1.72 bits per heavy atom. The highest BCUT2D eigenvalue weighted by Crippen LogP contribution is 2.36. The molecule has 174 valence electrons. The van der Waals surface area contributed by atoms with Gasteiger partial charge in [-0.3, -0.25) is 9.10 Å². The number of anilines is 1. The molecule has 0 radical (unpaired) electrons. The SMILES string of the molecule is COc1ccc(CN(c2ccccc2CN2CC(C)(C)CC2=O)S(=O)(=O)C(F)(F)F)cc1. The van der Waals surface area contributed by atoms with E-state index in [1.165, 1.54) is 31.4 Å². The van der Waals surface area contributed by atoms with Crippen molar-refractivity contribution in [1.82, 2.24) is 4.90 Å². The van der Waals surface area contributed by atoms with Gasteiger partial charge in [-0.05, 0) is 34.7 Å². The van der Waals surface area contributed by atoms with Crippen LogP contribution in [0.5, 0.6) is 5.75 Å². The number of halogens is 3. The molecule has 0 spiro atoms. The number of para-hydroxylation sites is 1. The highest BCUT2D eigenvalue weighted by molar-refractivity contribution is 7.93. The largest absolute Gasteiger partial charge is 0.516 e. The standard InChI is InChI=1S/C22H25F3N2O4S/c1-21(2)12-20(28)26(15-21)14-17-6-4-5-7-19(17)27(32(29,30)22(23,24)25)13-16-8-10-18(31-3)11-9-16/h4-11H,12-15H2,1-3H3. The van der Waals surface area contributed by atoms with Crippen LogP contribution in [0.2, 0.25) is 0 Å². The second-order valence-corrected chi connectivity index (χ2v) is 10.4. The lowest BCUT2D eigenvalue weighted by atomic mass is 9.93. The molecule has 0 aliphatic carbocycles. The van der Waals surface area contributed by atoms with Crippen LogP contribution >= 0.6 is 0 Å². The van der Waals surface area contributed by atoms with Crippen LogP contribution in [0.15, 0.2) is 48.5 Å². The second-order valence-electron chi connectivity index (χ2n) is 8.52. The first-order valence-electron chi connectivity index (χ1n) is 9.92. The number of methoxy groups -OCH3 is 1. The third-order valence-corrected chi connectivity index (χ3v) is 6.78. The molecule has 2 aromatic carbocycles. The molecule has 1 saturated heterocycles. The molecule has 0 N–H and O–H groups in total. The van der Waals surface area contributed by atoms with Crippen molar-refractivity contribution < 1.29 is 31.1 Å². The van der Waals surface area contributed by atoms with E-state index in [9.17, 15) is 26.4 Å². The van der Waals surface area contributed by atoms with Crippen molar-refractivity contribution in [2.45, 2.75) is 38.9 Å². The Balaban J connectivity index is 2.02. The van der Waals surface area contributed by atoms with Crippen LogP contribution in [0.25, 0.3) is 0 Å². The van der Waals surface area contributed by atoms with Gasteiger partial charge in [0.15, 0.2) is 0 Å². The molecule has 0 atom stereocenters. The molecule has 10 heteroatoms. The normalized spacial score (nSPS) is 16.3. The van der Waals surface area contributed by atoms with Gasteiger partial charge in [-0.25, -0.2) is 0 Å². The van der Waals surface area contributed by atoms with E-state index in [4.69, 9.17) is 4.74 Å². The van der Waals surface area contributed by atoms with Crippen LogP contribution in [-0.2, 0) is 27.9 Å². The van der Waals surface area contributed by atoms with Crippen molar-refractivity contribution in [3.8, 4) is 5.75 Å². The Hall–Kier alpha value is -2.75. The summed E-state index contributed by atoms with van der Waals surface area (Å²) in [5.41, 5.74) is -5.19. The van der Waals surface area contributed by atoms with E-state index >= 15 is 0 Å². The molecule has 3 rings (SSSR count). The molecule has 1 amide bonds. The summed E-state index contributed by atoms with van der Waals surface area (Å²) in [6.45, 7) is 3.79. The van der Waals surface area contributed by atoms with Crippen LogP contribution < -0.4 is 9.04 Å². The molecule has 1 aliphatic heterocycles. The predicted octanol–water partition coefficient (Wildman–Crippen LogP) is 4.31. The minimum absolute atomic E-state index is 0.0188. The average Bonchev–Trinajstić information content (AvgIpc) is 2.97. The third-order valence-electron chi connectivity index (χ3n) is 5.29. The van der Waals surface area contributed by atoms with Gasteiger partial charge in [0.2, 0.25) is 5.91 Å². The van der Waals surface area contributed by atoms with Gasteiger partial charge in [0.1, 0.15) is 5.75 Å².